The van der Waals surface area contributed by atoms with Gasteiger partial charge in [-0.05, 0) is 19.1 Å². The van der Waals surface area contributed by atoms with Crippen LogP contribution in [0.15, 0.2) is 0 Å². The molecule has 0 aromatic carbocycles. The van der Waals surface area contributed by atoms with Crippen LogP contribution in [0.4, 0.5) is 0 Å². The first-order valence-electron chi connectivity index (χ1n) is 4.32. The third-order valence-corrected chi connectivity index (χ3v) is 4.07. The Morgan fingerprint density at radius 3 is 3.00 bits per heavy atom. The molecule has 0 aromatic heterocycles. The summed E-state index contributed by atoms with van der Waals surface area (Å²) in [5.74, 6) is 3.28. The number of thioether (sulfide) groups is 1. The van der Waals surface area contributed by atoms with Crippen molar-refractivity contribution in [2.45, 2.75) is 25.4 Å². The molecule has 0 bridgehead atoms. The summed E-state index contributed by atoms with van der Waals surface area (Å²) in [4.78, 5) is 0. The molecule has 1 aliphatic rings. The molecule has 0 spiro atoms. The third kappa shape index (κ3) is 3.92. The number of rotatable bonds is 4. The van der Waals surface area contributed by atoms with Crippen LogP contribution in [0.1, 0.15) is 13.3 Å². The van der Waals surface area contributed by atoms with Crippen molar-refractivity contribution in [2.75, 3.05) is 23.5 Å². The largest absolute Gasteiger partial charge is 0.310 e. The normalized spacial score (nSPS) is 28.7. The van der Waals surface area contributed by atoms with E-state index in [0.29, 0.717) is 12.1 Å². The van der Waals surface area contributed by atoms with Gasteiger partial charge in [0.1, 0.15) is 0 Å². The monoisotopic (exact) mass is 207 g/mol. The lowest BCUT2D eigenvalue weighted by molar-refractivity contribution is 0.499. The molecule has 0 aliphatic carbocycles. The van der Waals surface area contributed by atoms with E-state index in [1.54, 1.807) is 6.26 Å². The molecule has 0 amide bonds. The maximum Gasteiger partial charge on any atom is 0.0383 e. The molecule has 72 valence electrons. The Hall–Kier alpha value is 0.460. The summed E-state index contributed by atoms with van der Waals surface area (Å²) in [7, 11) is -0.665. The average molecular weight is 207 g/mol. The predicted molar refractivity (Wildman–Crippen MR) is 57.3 cm³/mol. The molecule has 4 heteroatoms. The minimum atomic E-state index is -0.665. The highest BCUT2D eigenvalue weighted by Gasteiger charge is 2.17. The number of hydrogen-bond donors (Lipinski definition) is 1. The lowest BCUT2D eigenvalue weighted by Gasteiger charge is -2.17. The second kappa shape index (κ2) is 5.25. The van der Waals surface area contributed by atoms with Crippen molar-refractivity contribution in [3.05, 3.63) is 0 Å². The van der Waals surface area contributed by atoms with Gasteiger partial charge in [-0.2, -0.15) is 11.8 Å². The summed E-state index contributed by atoms with van der Waals surface area (Å²) in [5.41, 5.74) is 0. The van der Waals surface area contributed by atoms with E-state index in [1.807, 2.05) is 11.8 Å². The summed E-state index contributed by atoms with van der Waals surface area (Å²) in [6.07, 6.45) is 3.03. The van der Waals surface area contributed by atoms with E-state index in [9.17, 15) is 4.21 Å². The van der Waals surface area contributed by atoms with Gasteiger partial charge in [-0.3, -0.25) is 4.21 Å². The second-order valence-electron chi connectivity index (χ2n) is 3.37. The summed E-state index contributed by atoms with van der Waals surface area (Å²) in [6, 6.07) is 1.06. The van der Waals surface area contributed by atoms with Crippen LogP contribution in [0.3, 0.4) is 0 Å². The quantitative estimate of drug-likeness (QED) is 0.741. The minimum Gasteiger partial charge on any atom is -0.310 e. The van der Waals surface area contributed by atoms with Crippen LogP contribution >= 0.6 is 11.8 Å². The molecule has 0 radical (unpaired) electrons. The van der Waals surface area contributed by atoms with Crippen molar-refractivity contribution in [3.63, 3.8) is 0 Å². The molecule has 0 saturated carbocycles. The maximum atomic E-state index is 10.9. The Labute approximate surface area is 81.3 Å². The van der Waals surface area contributed by atoms with Crippen LogP contribution in [0, 0.1) is 0 Å². The first-order valence-corrected chi connectivity index (χ1v) is 7.20. The van der Waals surface area contributed by atoms with Crippen molar-refractivity contribution in [1.82, 2.24) is 5.32 Å². The molecule has 1 N–H and O–H groups in total. The molecule has 1 heterocycles. The molecule has 0 aromatic rings. The van der Waals surface area contributed by atoms with Crippen LogP contribution in [0.25, 0.3) is 0 Å². The molecule has 2 nitrogen and oxygen atoms in total. The van der Waals surface area contributed by atoms with Crippen LogP contribution in [0.5, 0.6) is 0 Å². The first-order chi connectivity index (χ1) is 5.68. The number of hydrogen-bond acceptors (Lipinski definition) is 3. The van der Waals surface area contributed by atoms with Gasteiger partial charge >= 0.3 is 0 Å². The Balaban J connectivity index is 2.16. The molecule has 1 fully saturated rings. The topological polar surface area (TPSA) is 29.1 Å². The fourth-order valence-electron chi connectivity index (χ4n) is 1.47. The highest BCUT2D eigenvalue weighted by atomic mass is 32.2. The van der Waals surface area contributed by atoms with Gasteiger partial charge < -0.3 is 5.32 Å². The van der Waals surface area contributed by atoms with Crippen molar-refractivity contribution >= 4 is 22.6 Å². The van der Waals surface area contributed by atoms with Gasteiger partial charge in [-0.1, -0.05) is 0 Å². The molecule has 1 saturated heterocycles. The maximum absolute atomic E-state index is 10.9. The van der Waals surface area contributed by atoms with Crippen LogP contribution in [-0.4, -0.2) is 39.8 Å². The molecule has 3 unspecified atom stereocenters. The van der Waals surface area contributed by atoms with Gasteiger partial charge in [-0.25, -0.2) is 0 Å². The van der Waals surface area contributed by atoms with Crippen molar-refractivity contribution in [1.29, 1.82) is 0 Å². The fraction of sp³-hybridized carbons (Fsp3) is 1.00. The van der Waals surface area contributed by atoms with Crippen LogP contribution < -0.4 is 5.32 Å². The van der Waals surface area contributed by atoms with Gasteiger partial charge in [-0.15, -0.1) is 0 Å². The smallest absolute Gasteiger partial charge is 0.0383 e. The first kappa shape index (κ1) is 10.5. The summed E-state index contributed by atoms with van der Waals surface area (Å²) in [6.45, 7) is 2.12. The van der Waals surface area contributed by atoms with Crippen molar-refractivity contribution < 1.29 is 4.21 Å². The predicted octanol–water partition coefficient (Wildman–Crippen LogP) is 0.849. The molecular formula is C8H17NOS2. The minimum absolute atomic E-state index is 0.402. The van der Waals surface area contributed by atoms with Crippen LogP contribution in [-0.2, 0) is 10.8 Å². The SMILES string of the molecule is CC(CS(C)=O)NC1CCSC1. The molecular weight excluding hydrogens is 190 g/mol. The van der Waals surface area contributed by atoms with E-state index in [0.717, 1.165) is 5.75 Å². The molecule has 3 atom stereocenters. The van der Waals surface area contributed by atoms with E-state index in [-0.39, 0.29) is 0 Å². The second-order valence-corrected chi connectivity index (χ2v) is 6.00. The average Bonchev–Trinajstić information content (AvgIpc) is 2.37. The summed E-state index contributed by atoms with van der Waals surface area (Å²) >= 11 is 2.00. The van der Waals surface area contributed by atoms with E-state index >= 15 is 0 Å². The zero-order chi connectivity index (χ0) is 8.97. The van der Waals surface area contributed by atoms with E-state index < -0.39 is 10.8 Å². The van der Waals surface area contributed by atoms with Gasteiger partial charge in [0.2, 0.25) is 0 Å². The van der Waals surface area contributed by atoms with Crippen LogP contribution in [0.2, 0.25) is 0 Å². The van der Waals surface area contributed by atoms with E-state index in [4.69, 9.17) is 0 Å². The lowest BCUT2D eigenvalue weighted by Crippen LogP contribution is -2.39. The highest BCUT2D eigenvalue weighted by molar-refractivity contribution is 7.99. The molecule has 1 rings (SSSR count). The van der Waals surface area contributed by atoms with Gasteiger partial charge in [0.25, 0.3) is 0 Å². The fourth-order valence-corrected chi connectivity index (χ4v) is 3.43. The zero-order valence-corrected chi connectivity index (χ0v) is 9.34. The van der Waals surface area contributed by atoms with Gasteiger partial charge in [0, 0.05) is 40.6 Å². The Kier molecular flexibility index (Phi) is 4.61. The Morgan fingerprint density at radius 1 is 1.75 bits per heavy atom. The van der Waals surface area contributed by atoms with E-state index in [2.05, 4.69) is 12.2 Å². The lowest BCUT2D eigenvalue weighted by atomic mass is 10.2. The Morgan fingerprint density at radius 2 is 2.50 bits per heavy atom. The van der Waals surface area contributed by atoms with Crippen molar-refractivity contribution in [3.8, 4) is 0 Å². The summed E-state index contributed by atoms with van der Waals surface area (Å²) in [5, 5.41) is 3.50. The standard InChI is InChI=1S/C8H17NOS2/c1-7(6-12(2)10)9-8-3-4-11-5-8/h7-9H,3-6H2,1-2H3. The van der Waals surface area contributed by atoms with Gasteiger partial charge in [0.15, 0.2) is 0 Å². The Bertz CT molecular complexity index is 157. The third-order valence-electron chi connectivity index (χ3n) is 1.93. The van der Waals surface area contributed by atoms with E-state index in [1.165, 1.54) is 17.9 Å². The number of nitrogens with one attached hydrogen (secondary N) is 1. The highest BCUT2D eigenvalue weighted by Crippen LogP contribution is 2.17. The van der Waals surface area contributed by atoms with Gasteiger partial charge in [0.05, 0.1) is 0 Å². The summed E-state index contributed by atoms with van der Waals surface area (Å²) < 4.78 is 10.9. The molecule has 1 aliphatic heterocycles. The van der Waals surface area contributed by atoms with Crippen molar-refractivity contribution in [2.24, 2.45) is 0 Å². The molecule has 12 heavy (non-hydrogen) atoms. The zero-order valence-electron chi connectivity index (χ0n) is 7.71.